The van der Waals surface area contributed by atoms with Crippen molar-refractivity contribution in [1.82, 2.24) is 14.9 Å². The van der Waals surface area contributed by atoms with E-state index in [4.69, 9.17) is 5.11 Å². The zero-order valence-corrected chi connectivity index (χ0v) is 11.3. The van der Waals surface area contributed by atoms with Crippen LogP contribution in [-0.2, 0) is 6.54 Å². The van der Waals surface area contributed by atoms with E-state index in [1.165, 1.54) is 5.56 Å². The molecule has 0 saturated carbocycles. The first kappa shape index (κ1) is 13.8. The summed E-state index contributed by atoms with van der Waals surface area (Å²) in [6.45, 7) is 3.28. The van der Waals surface area contributed by atoms with Crippen molar-refractivity contribution in [2.75, 3.05) is 6.61 Å². The monoisotopic (exact) mass is 259 g/mol. The zero-order valence-electron chi connectivity index (χ0n) is 11.3. The Balaban J connectivity index is 1.85. The van der Waals surface area contributed by atoms with Gasteiger partial charge in [-0.05, 0) is 37.5 Å². The highest BCUT2D eigenvalue weighted by Crippen LogP contribution is 2.09. The summed E-state index contributed by atoms with van der Waals surface area (Å²) in [6, 6.07) is 8.87. The van der Waals surface area contributed by atoms with Gasteiger partial charge in [0, 0.05) is 37.3 Å². The average Bonchev–Trinajstić information content (AvgIpc) is 2.97. The van der Waals surface area contributed by atoms with Crippen molar-refractivity contribution in [3.05, 3.63) is 48.5 Å². The van der Waals surface area contributed by atoms with Crippen molar-refractivity contribution in [2.24, 2.45) is 0 Å². The quantitative estimate of drug-likeness (QED) is 0.801. The molecule has 4 heteroatoms. The van der Waals surface area contributed by atoms with E-state index in [2.05, 4.69) is 41.5 Å². The number of aromatic nitrogens is 2. The van der Waals surface area contributed by atoms with Crippen molar-refractivity contribution in [1.29, 1.82) is 0 Å². The number of nitrogens with one attached hydrogen (secondary N) is 1. The summed E-state index contributed by atoms with van der Waals surface area (Å²) in [5.41, 5.74) is 2.38. The minimum absolute atomic E-state index is 0.269. The molecule has 0 aliphatic rings. The van der Waals surface area contributed by atoms with Crippen molar-refractivity contribution in [2.45, 2.75) is 32.4 Å². The van der Waals surface area contributed by atoms with Crippen LogP contribution in [0.15, 0.2) is 43.0 Å². The Morgan fingerprint density at radius 1 is 1.32 bits per heavy atom. The fraction of sp³-hybridized carbons (Fsp3) is 0.400. The Morgan fingerprint density at radius 2 is 2.11 bits per heavy atom. The molecular weight excluding hydrogens is 238 g/mol. The third-order valence-electron chi connectivity index (χ3n) is 3.19. The van der Waals surface area contributed by atoms with Crippen LogP contribution < -0.4 is 5.32 Å². The Labute approximate surface area is 114 Å². The van der Waals surface area contributed by atoms with Crippen molar-refractivity contribution in [3.8, 4) is 5.69 Å². The molecule has 2 N–H and O–H groups in total. The van der Waals surface area contributed by atoms with E-state index in [0.29, 0.717) is 6.04 Å². The lowest BCUT2D eigenvalue weighted by Gasteiger charge is -2.13. The Morgan fingerprint density at radius 3 is 2.74 bits per heavy atom. The fourth-order valence-corrected chi connectivity index (χ4v) is 1.99. The molecule has 0 radical (unpaired) electrons. The van der Waals surface area contributed by atoms with E-state index < -0.39 is 0 Å². The number of hydrogen-bond donors (Lipinski definition) is 2. The van der Waals surface area contributed by atoms with Gasteiger partial charge in [0.1, 0.15) is 0 Å². The topological polar surface area (TPSA) is 50.1 Å². The fourth-order valence-electron chi connectivity index (χ4n) is 1.99. The van der Waals surface area contributed by atoms with Gasteiger partial charge in [-0.15, -0.1) is 0 Å². The van der Waals surface area contributed by atoms with Gasteiger partial charge in [0.25, 0.3) is 0 Å². The summed E-state index contributed by atoms with van der Waals surface area (Å²) < 4.78 is 1.99. The summed E-state index contributed by atoms with van der Waals surface area (Å²) in [6.07, 6.45) is 7.37. The molecule has 0 amide bonds. The number of rotatable bonds is 7. The highest BCUT2D eigenvalue weighted by Gasteiger charge is 2.01. The van der Waals surface area contributed by atoms with E-state index in [-0.39, 0.29) is 6.61 Å². The largest absolute Gasteiger partial charge is 0.396 e. The number of imidazole rings is 1. The summed E-state index contributed by atoms with van der Waals surface area (Å²) in [4.78, 5) is 4.04. The lowest BCUT2D eigenvalue weighted by molar-refractivity contribution is 0.276. The van der Waals surface area contributed by atoms with Crippen LogP contribution in [0.25, 0.3) is 5.69 Å². The second kappa shape index (κ2) is 7.07. The molecule has 2 aromatic rings. The van der Waals surface area contributed by atoms with Crippen molar-refractivity contribution in [3.63, 3.8) is 0 Å². The van der Waals surface area contributed by atoms with Crippen LogP contribution in [0.1, 0.15) is 25.3 Å². The molecule has 0 spiro atoms. The Hall–Kier alpha value is -1.65. The van der Waals surface area contributed by atoms with Crippen molar-refractivity contribution >= 4 is 0 Å². The molecule has 1 unspecified atom stereocenters. The molecule has 19 heavy (non-hydrogen) atoms. The molecule has 1 aromatic heterocycles. The first-order valence-electron chi connectivity index (χ1n) is 6.71. The maximum absolute atomic E-state index is 8.79. The molecule has 0 fully saturated rings. The minimum Gasteiger partial charge on any atom is -0.396 e. The zero-order chi connectivity index (χ0) is 13.5. The number of benzene rings is 1. The second-order valence-electron chi connectivity index (χ2n) is 4.78. The van der Waals surface area contributed by atoms with Crippen LogP contribution in [0.4, 0.5) is 0 Å². The van der Waals surface area contributed by atoms with Crippen LogP contribution in [0.5, 0.6) is 0 Å². The maximum Gasteiger partial charge on any atom is 0.0991 e. The van der Waals surface area contributed by atoms with E-state index in [9.17, 15) is 0 Å². The molecule has 1 heterocycles. The van der Waals surface area contributed by atoms with Crippen molar-refractivity contribution < 1.29 is 5.11 Å². The van der Waals surface area contributed by atoms with Crippen LogP contribution in [0.2, 0.25) is 0 Å². The summed E-state index contributed by atoms with van der Waals surface area (Å²) in [7, 11) is 0. The first-order valence-corrected chi connectivity index (χ1v) is 6.71. The van der Waals surface area contributed by atoms with Gasteiger partial charge in [-0.1, -0.05) is 12.1 Å². The molecule has 0 aliphatic heterocycles. The molecule has 0 aliphatic carbocycles. The highest BCUT2D eigenvalue weighted by atomic mass is 16.2. The smallest absolute Gasteiger partial charge is 0.0991 e. The molecule has 4 nitrogen and oxygen atoms in total. The maximum atomic E-state index is 8.79. The summed E-state index contributed by atoms with van der Waals surface area (Å²) in [5.74, 6) is 0. The lowest BCUT2D eigenvalue weighted by atomic mass is 10.1. The van der Waals surface area contributed by atoms with E-state index >= 15 is 0 Å². The standard InChI is InChI=1S/C15H21N3O/c1-13(3-2-10-19)17-11-14-4-6-15(7-5-14)18-9-8-16-12-18/h4-9,12-13,17,19H,2-3,10-11H2,1H3. The van der Waals surface area contributed by atoms with Crippen LogP contribution >= 0.6 is 0 Å². The Kier molecular flexibility index (Phi) is 5.12. The highest BCUT2D eigenvalue weighted by molar-refractivity contribution is 5.34. The van der Waals surface area contributed by atoms with Crippen LogP contribution in [0.3, 0.4) is 0 Å². The van der Waals surface area contributed by atoms with Gasteiger partial charge < -0.3 is 15.0 Å². The Bertz CT molecular complexity index is 465. The van der Waals surface area contributed by atoms with Gasteiger partial charge >= 0.3 is 0 Å². The van der Waals surface area contributed by atoms with Gasteiger partial charge in [0.15, 0.2) is 0 Å². The van der Waals surface area contributed by atoms with Gasteiger partial charge in [0.05, 0.1) is 6.33 Å². The third-order valence-corrected chi connectivity index (χ3v) is 3.19. The van der Waals surface area contributed by atoms with Gasteiger partial charge in [-0.3, -0.25) is 0 Å². The molecule has 2 rings (SSSR count). The molecule has 0 bridgehead atoms. The SMILES string of the molecule is CC(CCCO)NCc1ccc(-n2ccnc2)cc1. The second-order valence-corrected chi connectivity index (χ2v) is 4.78. The van der Waals surface area contributed by atoms with E-state index in [1.807, 2.05) is 10.8 Å². The first-order chi connectivity index (χ1) is 9.29. The number of aliphatic hydroxyl groups excluding tert-OH is 1. The number of nitrogens with zero attached hydrogens (tertiary/aromatic N) is 2. The third kappa shape index (κ3) is 4.19. The predicted molar refractivity (Wildman–Crippen MR) is 76.2 cm³/mol. The van der Waals surface area contributed by atoms with Gasteiger partial charge in [-0.25, -0.2) is 4.98 Å². The normalized spacial score (nSPS) is 12.5. The molecule has 0 saturated heterocycles. The summed E-state index contributed by atoms with van der Waals surface area (Å²) >= 11 is 0. The average molecular weight is 259 g/mol. The van der Waals surface area contributed by atoms with Gasteiger partial charge in [-0.2, -0.15) is 0 Å². The van der Waals surface area contributed by atoms with E-state index in [1.54, 1.807) is 12.5 Å². The van der Waals surface area contributed by atoms with E-state index in [0.717, 1.165) is 25.1 Å². The van der Waals surface area contributed by atoms with Crippen LogP contribution in [-0.4, -0.2) is 27.3 Å². The van der Waals surface area contributed by atoms with Crippen LogP contribution in [0, 0.1) is 0 Å². The lowest BCUT2D eigenvalue weighted by Crippen LogP contribution is -2.25. The summed E-state index contributed by atoms with van der Waals surface area (Å²) in [5, 5.41) is 12.2. The molecule has 102 valence electrons. The minimum atomic E-state index is 0.269. The van der Waals surface area contributed by atoms with Gasteiger partial charge in [0.2, 0.25) is 0 Å². The number of hydrogen-bond acceptors (Lipinski definition) is 3. The number of aliphatic hydroxyl groups is 1. The molecule has 1 aromatic carbocycles. The predicted octanol–water partition coefficient (Wildman–Crippen LogP) is 2.12. The molecular formula is C15H21N3O. The molecule has 1 atom stereocenters.